The summed E-state index contributed by atoms with van der Waals surface area (Å²) in [6, 6.07) is 7.54. The van der Waals surface area contributed by atoms with Crippen LogP contribution in [-0.2, 0) is 0 Å². The van der Waals surface area contributed by atoms with Crippen molar-refractivity contribution in [1.29, 1.82) is 0 Å². The number of nitrogens with zero attached hydrogens (tertiary/aromatic N) is 2. The van der Waals surface area contributed by atoms with E-state index in [0.29, 0.717) is 11.0 Å². The molecule has 0 aliphatic heterocycles. The third-order valence-electron chi connectivity index (χ3n) is 1.81. The molecule has 0 unspecified atom stereocenters. The van der Waals surface area contributed by atoms with Gasteiger partial charge < -0.3 is 10.1 Å². The van der Waals surface area contributed by atoms with Crippen LogP contribution < -0.4 is 10.1 Å². The predicted octanol–water partition coefficient (Wildman–Crippen LogP) is 2.94. The number of nitrogens with one attached hydrogen (secondary N) is 1. The minimum Gasteiger partial charge on any atom is -0.495 e. The van der Waals surface area contributed by atoms with Gasteiger partial charge >= 0.3 is 0 Å². The van der Waals surface area contributed by atoms with E-state index in [0.717, 1.165) is 23.2 Å². The first-order chi connectivity index (χ1) is 7.31. The number of benzene rings is 1. The summed E-state index contributed by atoms with van der Waals surface area (Å²) in [5, 5.41) is 3.42. The van der Waals surface area contributed by atoms with E-state index >= 15 is 0 Å². The molecule has 15 heavy (non-hydrogen) atoms. The lowest BCUT2D eigenvalue weighted by Gasteiger charge is -2.08. The van der Waals surface area contributed by atoms with Gasteiger partial charge in [-0.05, 0) is 12.1 Å². The van der Waals surface area contributed by atoms with Crippen molar-refractivity contribution in [1.82, 2.24) is 8.75 Å². The van der Waals surface area contributed by atoms with Gasteiger partial charge in [-0.2, -0.15) is 8.75 Å². The summed E-state index contributed by atoms with van der Waals surface area (Å²) in [7, 11) is 1.61. The smallest absolute Gasteiger partial charge is 0.187 e. The van der Waals surface area contributed by atoms with Gasteiger partial charge in [-0.3, -0.25) is 0 Å². The fraction of sp³-hybridized carbons (Fsp3) is 0.111. The first-order valence-corrected chi connectivity index (χ1v) is 5.30. The summed E-state index contributed by atoms with van der Waals surface area (Å²) in [4.78, 5) is 0. The van der Waals surface area contributed by atoms with Crippen molar-refractivity contribution in [2.75, 3.05) is 12.4 Å². The first-order valence-electron chi connectivity index (χ1n) is 4.19. The maximum atomic E-state index is 5.82. The Labute approximate surface area is 96.2 Å². The highest BCUT2D eigenvalue weighted by atomic mass is 35.5. The van der Waals surface area contributed by atoms with Crippen molar-refractivity contribution in [3.05, 3.63) is 29.4 Å². The number of para-hydroxylation sites is 2. The van der Waals surface area contributed by atoms with Crippen LogP contribution in [0.4, 0.5) is 11.5 Å². The minimum atomic E-state index is 0.367. The normalized spacial score (nSPS) is 10.0. The van der Waals surface area contributed by atoms with Crippen molar-refractivity contribution in [3.63, 3.8) is 0 Å². The maximum absolute atomic E-state index is 5.82. The van der Waals surface area contributed by atoms with Crippen LogP contribution in [0.25, 0.3) is 0 Å². The van der Waals surface area contributed by atoms with Gasteiger partial charge in [0.05, 0.1) is 24.5 Å². The number of aromatic nitrogens is 2. The molecule has 1 N–H and O–H groups in total. The second kappa shape index (κ2) is 4.46. The van der Waals surface area contributed by atoms with E-state index in [1.165, 1.54) is 0 Å². The summed E-state index contributed by atoms with van der Waals surface area (Å²) in [5.74, 6) is 1.28. The lowest BCUT2D eigenvalue weighted by molar-refractivity contribution is 0.417. The molecule has 0 aliphatic carbocycles. The highest BCUT2D eigenvalue weighted by Gasteiger charge is 2.07. The van der Waals surface area contributed by atoms with E-state index in [-0.39, 0.29) is 0 Å². The largest absolute Gasteiger partial charge is 0.495 e. The van der Waals surface area contributed by atoms with E-state index in [1.54, 1.807) is 7.11 Å². The highest BCUT2D eigenvalue weighted by molar-refractivity contribution is 6.99. The number of hydrogen-bond acceptors (Lipinski definition) is 5. The molecule has 78 valence electrons. The van der Waals surface area contributed by atoms with Crippen LogP contribution in [0, 0.1) is 0 Å². The Morgan fingerprint density at radius 2 is 2.13 bits per heavy atom. The Morgan fingerprint density at radius 1 is 1.33 bits per heavy atom. The van der Waals surface area contributed by atoms with Crippen LogP contribution in [-0.4, -0.2) is 15.9 Å². The van der Waals surface area contributed by atoms with Crippen molar-refractivity contribution < 1.29 is 4.74 Å². The van der Waals surface area contributed by atoms with Gasteiger partial charge in [0.15, 0.2) is 11.0 Å². The minimum absolute atomic E-state index is 0.367. The fourth-order valence-electron chi connectivity index (χ4n) is 1.13. The molecule has 0 amide bonds. The molecule has 2 rings (SSSR count). The maximum Gasteiger partial charge on any atom is 0.187 e. The van der Waals surface area contributed by atoms with Crippen molar-refractivity contribution in [3.8, 4) is 5.75 Å². The van der Waals surface area contributed by atoms with Gasteiger partial charge in [0.1, 0.15) is 5.75 Å². The van der Waals surface area contributed by atoms with Crippen molar-refractivity contribution in [2.45, 2.75) is 0 Å². The van der Waals surface area contributed by atoms with Crippen LogP contribution in [0.15, 0.2) is 24.3 Å². The average molecular weight is 242 g/mol. The third-order valence-corrected chi connectivity index (χ3v) is 2.70. The molecule has 1 aromatic heterocycles. The van der Waals surface area contributed by atoms with Gasteiger partial charge in [-0.15, -0.1) is 0 Å². The standard InChI is InChI=1S/C9H8ClN3OS/c1-14-7-5-3-2-4-6(7)11-9-8(10)12-15-13-9/h2-5H,1H3,(H,11,13). The number of hydrogen-bond donors (Lipinski definition) is 1. The molecule has 1 aromatic carbocycles. The number of halogens is 1. The van der Waals surface area contributed by atoms with Gasteiger partial charge in [-0.25, -0.2) is 0 Å². The number of anilines is 2. The predicted molar refractivity (Wildman–Crippen MR) is 61.2 cm³/mol. The Hall–Kier alpha value is -1.33. The van der Waals surface area contributed by atoms with Gasteiger partial charge in [0.2, 0.25) is 0 Å². The Bertz CT molecular complexity index is 460. The van der Waals surface area contributed by atoms with Crippen LogP contribution in [0.5, 0.6) is 5.75 Å². The van der Waals surface area contributed by atoms with Crippen LogP contribution in [0.2, 0.25) is 5.15 Å². The van der Waals surface area contributed by atoms with Crippen LogP contribution in [0.1, 0.15) is 0 Å². The Morgan fingerprint density at radius 3 is 2.80 bits per heavy atom. The molecule has 0 fully saturated rings. The number of methoxy groups -OCH3 is 1. The third kappa shape index (κ3) is 2.19. The summed E-state index contributed by atoms with van der Waals surface area (Å²) in [6.07, 6.45) is 0. The first kappa shape index (κ1) is 10.2. The molecular formula is C9H8ClN3OS. The lowest BCUT2D eigenvalue weighted by atomic mass is 10.3. The quantitative estimate of drug-likeness (QED) is 0.898. The molecular weight excluding hydrogens is 234 g/mol. The van der Waals surface area contributed by atoms with E-state index in [2.05, 4.69) is 14.1 Å². The van der Waals surface area contributed by atoms with Gasteiger partial charge in [0.25, 0.3) is 0 Å². The zero-order valence-electron chi connectivity index (χ0n) is 7.90. The van der Waals surface area contributed by atoms with Gasteiger partial charge in [-0.1, -0.05) is 23.7 Å². The molecule has 0 bridgehead atoms. The molecule has 0 aliphatic rings. The van der Waals surface area contributed by atoms with E-state index in [1.807, 2.05) is 24.3 Å². The fourth-order valence-corrected chi connectivity index (χ4v) is 1.77. The van der Waals surface area contributed by atoms with Crippen molar-refractivity contribution in [2.24, 2.45) is 0 Å². The van der Waals surface area contributed by atoms with Crippen LogP contribution >= 0.6 is 23.3 Å². The molecule has 1 heterocycles. The van der Waals surface area contributed by atoms with E-state index in [4.69, 9.17) is 16.3 Å². The van der Waals surface area contributed by atoms with Crippen LogP contribution in [0.3, 0.4) is 0 Å². The second-order valence-corrected chi connectivity index (χ2v) is 3.62. The van der Waals surface area contributed by atoms with Crippen molar-refractivity contribution >= 4 is 34.8 Å². The molecule has 0 saturated heterocycles. The molecule has 4 nitrogen and oxygen atoms in total. The molecule has 2 aromatic rings. The van der Waals surface area contributed by atoms with E-state index < -0.39 is 0 Å². The monoisotopic (exact) mass is 241 g/mol. The Kier molecular flexibility index (Phi) is 3.03. The average Bonchev–Trinajstić information content (AvgIpc) is 2.65. The van der Waals surface area contributed by atoms with E-state index in [9.17, 15) is 0 Å². The Balaban J connectivity index is 2.28. The highest BCUT2D eigenvalue weighted by Crippen LogP contribution is 2.29. The molecule has 0 saturated carbocycles. The summed E-state index contributed by atoms with van der Waals surface area (Å²) < 4.78 is 13.1. The summed E-state index contributed by atoms with van der Waals surface area (Å²) in [5.41, 5.74) is 0.814. The second-order valence-electron chi connectivity index (χ2n) is 2.73. The zero-order valence-corrected chi connectivity index (χ0v) is 9.47. The SMILES string of the molecule is COc1ccccc1Nc1nsnc1Cl. The molecule has 0 atom stereocenters. The molecule has 0 radical (unpaired) electrons. The summed E-state index contributed by atoms with van der Waals surface area (Å²) >= 11 is 6.88. The van der Waals surface area contributed by atoms with Gasteiger partial charge in [0, 0.05) is 0 Å². The lowest BCUT2D eigenvalue weighted by Crippen LogP contribution is -1.94. The summed E-state index contributed by atoms with van der Waals surface area (Å²) in [6.45, 7) is 0. The number of ether oxygens (including phenoxy) is 1. The molecule has 6 heteroatoms. The number of rotatable bonds is 3. The topological polar surface area (TPSA) is 47.0 Å². The zero-order chi connectivity index (χ0) is 10.7. The molecule has 0 spiro atoms.